The van der Waals surface area contributed by atoms with Gasteiger partial charge in [-0.15, -0.1) is 0 Å². The highest BCUT2D eigenvalue weighted by atomic mass is 15.0. The molecule has 66 valence electrons. The summed E-state index contributed by atoms with van der Waals surface area (Å²) in [6.07, 6.45) is 2.40. The van der Waals surface area contributed by atoms with E-state index in [1.165, 1.54) is 6.20 Å². The van der Waals surface area contributed by atoms with Crippen molar-refractivity contribution >= 4 is 5.82 Å². The van der Waals surface area contributed by atoms with Crippen LogP contribution in [0.1, 0.15) is 18.9 Å². The second-order valence-electron chi connectivity index (χ2n) is 2.63. The summed E-state index contributed by atoms with van der Waals surface area (Å²) in [4.78, 5) is 4.04. The van der Waals surface area contributed by atoms with Crippen molar-refractivity contribution in [1.29, 1.82) is 5.26 Å². The Bertz CT molecular complexity index is 332. The summed E-state index contributed by atoms with van der Waals surface area (Å²) in [6.45, 7) is 5.81. The van der Waals surface area contributed by atoms with Crippen molar-refractivity contribution in [2.24, 2.45) is 0 Å². The van der Waals surface area contributed by atoms with E-state index in [2.05, 4.69) is 16.9 Å². The smallest absolute Gasteiger partial charge is 0.130 e. The zero-order valence-electron chi connectivity index (χ0n) is 7.54. The second kappa shape index (κ2) is 4.27. The van der Waals surface area contributed by atoms with Crippen LogP contribution >= 0.6 is 0 Å². The molecule has 3 heteroatoms. The van der Waals surface area contributed by atoms with Gasteiger partial charge in [0, 0.05) is 11.9 Å². The van der Waals surface area contributed by atoms with Crippen LogP contribution in [0.5, 0.6) is 0 Å². The molecular weight excluding hydrogens is 162 g/mol. The summed E-state index contributed by atoms with van der Waals surface area (Å²) < 4.78 is 0. The Morgan fingerprint density at radius 1 is 1.69 bits per heavy atom. The lowest BCUT2D eigenvalue weighted by Crippen LogP contribution is -1.98. The topological polar surface area (TPSA) is 48.7 Å². The van der Waals surface area contributed by atoms with Crippen molar-refractivity contribution in [3.63, 3.8) is 0 Å². The number of allylic oxidation sites excluding steroid dienone is 1. The lowest BCUT2D eigenvalue weighted by atomic mass is 10.3. The molecule has 3 nitrogen and oxygen atoms in total. The van der Waals surface area contributed by atoms with Crippen molar-refractivity contribution in [3.05, 3.63) is 36.2 Å². The maximum absolute atomic E-state index is 8.53. The molecule has 1 aromatic rings. The van der Waals surface area contributed by atoms with Gasteiger partial charge in [0.1, 0.15) is 11.9 Å². The molecule has 0 unspecified atom stereocenters. The Kier molecular flexibility index (Phi) is 3.04. The Balaban J connectivity index is 2.71. The first-order chi connectivity index (χ1) is 6.26. The molecule has 0 aromatic carbocycles. The molecule has 0 atom stereocenters. The molecule has 1 rings (SSSR count). The molecule has 1 N–H and O–H groups in total. The molecule has 0 fully saturated rings. The Morgan fingerprint density at radius 3 is 2.92 bits per heavy atom. The third kappa shape index (κ3) is 2.60. The molecule has 0 amide bonds. The molecule has 0 saturated heterocycles. The molecule has 0 bridgehead atoms. The molecule has 0 aliphatic heterocycles. The first-order valence-corrected chi connectivity index (χ1v) is 4.07. The molecule has 0 aliphatic carbocycles. The average Bonchev–Trinajstić information content (AvgIpc) is 2.19. The van der Waals surface area contributed by atoms with E-state index in [0.29, 0.717) is 5.56 Å². The SMILES string of the molecule is C=C(CC)Nc1ccc(C#N)cn1. The van der Waals surface area contributed by atoms with Gasteiger partial charge >= 0.3 is 0 Å². The number of anilines is 1. The van der Waals surface area contributed by atoms with E-state index in [4.69, 9.17) is 5.26 Å². The minimum atomic E-state index is 0.563. The van der Waals surface area contributed by atoms with E-state index in [-0.39, 0.29) is 0 Å². The van der Waals surface area contributed by atoms with E-state index < -0.39 is 0 Å². The number of hydrogen-bond acceptors (Lipinski definition) is 3. The fourth-order valence-corrected chi connectivity index (χ4v) is 0.803. The van der Waals surface area contributed by atoms with Gasteiger partial charge < -0.3 is 5.32 Å². The molecule has 0 saturated carbocycles. The van der Waals surface area contributed by atoms with E-state index in [9.17, 15) is 0 Å². The van der Waals surface area contributed by atoms with Gasteiger partial charge in [-0.1, -0.05) is 13.5 Å². The fraction of sp³-hybridized carbons (Fsp3) is 0.200. The van der Waals surface area contributed by atoms with Crippen LogP contribution in [0.2, 0.25) is 0 Å². The minimum Gasteiger partial charge on any atom is -0.344 e. The Morgan fingerprint density at radius 2 is 2.46 bits per heavy atom. The van der Waals surface area contributed by atoms with Crippen LogP contribution < -0.4 is 5.32 Å². The average molecular weight is 173 g/mol. The van der Waals surface area contributed by atoms with Crippen LogP contribution in [0.25, 0.3) is 0 Å². The number of nitrogens with zero attached hydrogens (tertiary/aromatic N) is 2. The van der Waals surface area contributed by atoms with E-state index in [0.717, 1.165) is 17.9 Å². The number of rotatable bonds is 3. The van der Waals surface area contributed by atoms with Gasteiger partial charge in [0.25, 0.3) is 0 Å². The highest BCUT2D eigenvalue weighted by molar-refractivity contribution is 5.42. The van der Waals surface area contributed by atoms with Gasteiger partial charge in [-0.3, -0.25) is 0 Å². The second-order valence-corrected chi connectivity index (χ2v) is 2.63. The number of nitriles is 1. The van der Waals surface area contributed by atoms with Gasteiger partial charge in [-0.05, 0) is 18.6 Å². The first-order valence-electron chi connectivity index (χ1n) is 4.07. The van der Waals surface area contributed by atoms with Crippen molar-refractivity contribution in [2.45, 2.75) is 13.3 Å². The summed E-state index contributed by atoms with van der Waals surface area (Å²) in [5, 5.41) is 11.6. The maximum Gasteiger partial charge on any atom is 0.130 e. The predicted molar refractivity (Wildman–Crippen MR) is 52.0 cm³/mol. The molecular formula is C10H11N3. The van der Waals surface area contributed by atoms with Crippen LogP contribution in [0.15, 0.2) is 30.6 Å². The van der Waals surface area contributed by atoms with Gasteiger partial charge in [0.2, 0.25) is 0 Å². The summed E-state index contributed by atoms with van der Waals surface area (Å²) in [5.41, 5.74) is 1.48. The van der Waals surface area contributed by atoms with Crippen LogP contribution in [-0.4, -0.2) is 4.98 Å². The van der Waals surface area contributed by atoms with Crippen LogP contribution in [0.3, 0.4) is 0 Å². The molecule has 1 aromatic heterocycles. The van der Waals surface area contributed by atoms with Gasteiger partial charge in [-0.2, -0.15) is 5.26 Å². The summed E-state index contributed by atoms with van der Waals surface area (Å²) in [7, 11) is 0. The van der Waals surface area contributed by atoms with E-state index in [1.54, 1.807) is 12.1 Å². The van der Waals surface area contributed by atoms with Gasteiger partial charge in [0.15, 0.2) is 0 Å². The van der Waals surface area contributed by atoms with E-state index in [1.807, 2.05) is 13.0 Å². The monoisotopic (exact) mass is 173 g/mol. The molecule has 1 heterocycles. The van der Waals surface area contributed by atoms with E-state index >= 15 is 0 Å². The normalized spacial score (nSPS) is 8.92. The fourth-order valence-electron chi connectivity index (χ4n) is 0.803. The van der Waals surface area contributed by atoms with Crippen molar-refractivity contribution in [3.8, 4) is 6.07 Å². The molecule has 0 radical (unpaired) electrons. The highest BCUT2D eigenvalue weighted by Crippen LogP contribution is 2.07. The number of aromatic nitrogens is 1. The van der Waals surface area contributed by atoms with Gasteiger partial charge in [0.05, 0.1) is 5.56 Å². The lowest BCUT2D eigenvalue weighted by Gasteiger charge is -2.05. The highest BCUT2D eigenvalue weighted by Gasteiger charge is 1.94. The summed E-state index contributed by atoms with van der Waals surface area (Å²) in [5.74, 6) is 0.728. The zero-order chi connectivity index (χ0) is 9.68. The minimum absolute atomic E-state index is 0.563. The van der Waals surface area contributed by atoms with Crippen molar-refractivity contribution in [2.75, 3.05) is 5.32 Å². The predicted octanol–water partition coefficient (Wildman–Crippen LogP) is 2.29. The van der Waals surface area contributed by atoms with Crippen molar-refractivity contribution < 1.29 is 0 Å². The Labute approximate surface area is 77.7 Å². The number of pyridine rings is 1. The standard InChI is InChI=1S/C10H11N3/c1-3-8(2)13-10-5-4-9(6-11)7-12-10/h4-5,7H,2-3H2,1H3,(H,12,13). The third-order valence-electron chi connectivity index (χ3n) is 1.62. The maximum atomic E-state index is 8.53. The summed E-state index contributed by atoms with van der Waals surface area (Å²) >= 11 is 0. The van der Waals surface area contributed by atoms with Crippen LogP contribution in [-0.2, 0) is 0 Å². The zero-order valence-corrected chi connectivity index (χ0v) is 7.54. The summed E-state index contributed by atoms with van der Waals surface area (Å²) in [6, 6.07) is 5.49. The number of nitrogens with one attached hydrogen (secondary N) is 1. The quantitative estimate of drug-likeness (QED) is 0.762. The molecule has 13 heavy (non-hydrogen) atoms. The van der Waals surface area contributed by atoms with Crippen LogP contribution in [0.4, 0.5) is 5.82 Å². The van der Waals surface area contributed by atoms with Crippen molar-refractivity contribution in [1.82, 2.24) is 4.98 Å². The Hall–Kier alpha value is -1.82. The van der Waals surface area contributed by atoms with Gasteiger partial charge in [-0.25, -0.2) is 4.98 Å². The first kappa shape index (κ1) is 9.27. The largest absolute Gasteiger partial charge is 0.344 e. The van der Waals surface area contributed by atoms with Crippen LogP contribution in [0, 0.1) is 11.3 Å². The lowest BCUT2D eigenvalue weighted by molar-refractivity contribution is 1.10. The third-order valence-corrected chi connectivity index (χ3v) is 1.62. The molecule has 0 spiro atoms. The molecule has 0 aliphatic rings. The number of hydrogen-bond donors (Lipinski definition) is 1.